The fourth-order valence-corrected chi connectivity index (χ4v) is 3.46. The summed E-state index contributed by atoms with van der Waals surface area (Å²) in [5, 5.41) is 4.08. The quantitative estimate of drug-likeness (QED) is 0.743. The molecule has 114 valence electrons. The molecule has 0 spiro atoms. The molecule has 1 aliphatic rings. The van der Waals surface area contributed by atoms with Crippen molar-refractivity contribution in [2.45, 2.75) is 50.8 Å². The molecule has 1 fully saturated rings. The van der Waals surface area contributed by atoms with Crippen molar-refractivity contribution in [2.75, 3.05) is 25.4 Å². The van der Waals surface area contributed by atoms with Crippen LogP contribution in [0.3, 0.4) is 0 Å². The normalized spacial score (nSPS) is 18.0. The maximum Gasteiger partial charge on any atom is 0.236 e. The molecule has 0 bridgehead atoms. The summed E-state index contributed by atoms with van der Waals surface area (Å²) < 4.78 is 5.33. The standard InChI is InChI=1S/C14H26N4OS/c1-3-18(4-2)9-10-20-11-12-16-13(17-19-12)14(15)7-5-6-8-14/h3-11,15H2,1-2H3. The number of hydrogen-bond donors (Lipinski definition) is 1. The number of aromatic nitrogens is 2. The van der Waals surface area contributed by atoms with Crippen LogP contribution in [-0.2, 0) is 11.3 Å². The number of nitrogens with zero attached hydrogens (tertiary/aromatic N) is 3. The first-order valence-electron chi connectivity index (χ1n) is 7.60. The molecule has 0 unspecified atom stereocenters. The molecule has 0 aromatic carbocycles. The Kier molecular flexibility index (Phi) is 5.86. The van der Waals surface area contributed by atoms with E-state index in [9.17, 15) is 0 Å². The molecule has 1 heterocycles. The van der Waals surface area contributed by atoms with E-state index in [0.29, 0.717) is 11.7 Å². The third-order valence-electron chi connectivity index (χ3n) is 4.08. The second-order valence-electron chi connectivity index (χ2n) is 5.45. The molecule has 1 aromatic rings. The zero-order valence-electron chi connectivity index (χ0n) is 12.6. The Balaban J connectivity index is 1.76. The van der Waals surface area contributed by atoms with E-state index in [2.05, 4.69) is 28.9 Å². The Morgan fingerprint density at radius 1 is 1.30 bits per heavy atom. The number of nitrogens with two attached hydrogens (primary N) is 1. The maximum atomic E-state index is 6.33. The number of rotatable bonds is 8. The van der Waals surface area contributed by atoms with Crippen LogP contribution < -0.4 is 5.73 Å². The SMILES string of the molecule is CCN(CC)CCSCc1nc(C2(N)CCCC2)no1. The van der Waals surface area contributed by atoms with E-state index in [4.69, 9.17) is 10.3 Å². The summed E-state index contributed by atoms with van der Waals surface area (Å²) in [6, 6.07) is 0. The van der Waals surface area contributed by atoms with Crippen LogP contribution in [0.5, 0.6) is 0 Å². The fraction of sp³-hybridized carbons (Fsp3) is 0.857. The maximum absolute atomic E-state index is 6.33. The smallest absolute Gasteiger partial charge is 0.236 e. The van der Waals surface area contributed by atoms with Gasteiger partial charge in [-0.05, 0) is 25.9 Å². The van der Waals surface area contributed by atoms with E-state index in [1.807, 2.05) is 11.8 Å². The molecule has 1 saturated carbocycles. The highest BCUT2D eigenvalue weighted by molar-refractivity contribution is 7.98. The van der Waals surface area contributed by atoms with Crippen molar-refractivity contribution < 1.29 is 4.52 Å². The molecule has 0 atom stereocenters. The molecule has 0 radical (unpaired) electrons. The summed E-state index contributed by atoms with van der Waals surface area (Å²) in [6.07, 6.45) is 4.28. The van der Waals surface area contributed by atoms with Crippen molar-refractivity contribution >= 4 is 11.8 Å². The summed E-state index contributed by atoms with van der Waals surface area (Å²) in [4.78, 5) is 6.90. The van der Waals surface area contributed by atoms with Crippen LogP contribution in [0, 0.1) is 0 Å². The highest BCUT2D eigenvalue weighted by atomic mass is 32.2. The number of hydrogen-bond acceptors (Lipinski definition) is 6. The van der Waals surface area contributed by atoms with Crippen molar-refractivity contribution in [3.63, 3.8) is 0 Å². The first-order chi connectivity index (χ1) is 9.68. The van der Waals surface area contributed by atoms with E-state index >= 15 is 0 Å². The topological polar surface area (TPSA) is 68.2 Å². The average Bonchev–Trinajstić information content (AvgIpc) is 3.09. The first kappa shape index (κ1) is 15.8. The summed E-state index contributed by atoms with van der Waals surface area (Å²) in [7, 11) is 0. The van der Waals surface area contributed by atoms with Gasteiger partial charge in [-0.25, -0.2) is 0 Å². The molecule has 2 N–H and O–H groups in total. The summed E-state index contributed by atoms with van der Waals surface area (Å²) in [5.41, 5.74) is 5.99. The van der Waals surface area contributed by atoms with Crippen molar-refractivity contribution in [1.82, 2.24) is 15.0 Å². The molecule has 1 aliphatic carbocycles. The average molecular weight is 298 g/mol. The van der Waals surface area contributed by atoms with Gasteiger partial charge in [-0.15, -0.1) is 0 Å². The van der Waals surface area contributed by atoms with Gasteiger partial charge >= 0.3 is 0 Å². The minimum Gasteiger partial charge on any atom is -0.338 e. The largest absolute Gasteiger partial charge is 0.338 e. The summed E-state index contributed by atoms with van der Waals surface area (Å²) >= 11 is 1.84. The fourth-order valence-electron chi connectivity index (χ4n) is 2.64. The van der Waals surface area contributed by atoms with Gasteiger partial charge in [0.25, 0.3) is 0 Å². The Bertz CT molecular complexity index is 400. The van der Waals surface area contributed by atoms with Gasteiger partial charge in [0.1, 0.15) is 0 Å². The highest BCUT2D eigenvalue weighted by Gasteiger charge is 2.35. The lowest BCUT2D eigenvalue weighted by Gasteiger charge is -2.17. The lowest BCUT2D eigenvalue weighted by atomic mass is 9.99. The van der Waals surface area contributed by atoms with Gasteiger partial charge < -0.3 is 15.2 Å². The van der Waals surface area contributed by atoms with Crippen molar-refractivity contribution in [3.8, 4) is 0 Å². The van der Waals surface area contributed by atoms with Crippen LogP contribution in [0.25, 0.3) is 0 Å². The van der Waals surface area contributed by atoms with Gasteiger partial charge in [0.05, 0.1) is 11.3 Å². The third kappa shape index (κ3) is 3.96. The molecule has 2 rings (SSSR count). The van der Waals surface area contributed by atoms with Crippen LogP contribution in [-0.4, -0.2) is 40.4 Å². The molecular weight excluding hydrogens is 272 g/mol. The lowest BCUT2D eigenvalue weighted by Crippen LogP contribution is -2.34. The third-order valence-corrected chi connectivity index (χ3v) is 5.00. The van der Waals surface area contributed by atoms with Crippen molar-refractivity contribution in [3.05, 3.63) is 11.7 Å². The van der Waals surface area contributed by atoms with Gasteiger partial charge in [0.15, 0.2) is 5.82 Å². The summed E-state index contributed by atoms with van der Waals surface area (Å²) in [5.74, 6) is 3.29. The van der Waals surface area contributed by atoms with Crippen LogP contribution in [0.15, 0.2) is 4.52 Å². The van der Waals surface area contributed by atoms with Crippen LogP contribution in [0.1, 0.15) is 51.2 Å². The first-order valence-corrected chi connectivity index (χ1v) is 8.75. The predicted octanol–water partition coefficient (Wildman–Crippen LogP) is 2.37. The highest BCUT2D eigenvalue weighted by Crippen LogP contribution is 2.34. The Hall–Kier alpha value is -0.590. The van der Waals surface area contributed by atoms with E-state index < -0.39 is 0 Å². The second kappa shape index (κ2) is 7.43. The zero-order chi connectivity index (χ0) is 14.4. The van der Waals surface area contributed by atoms with E-state index in [-0.39, 0.29) is 5.54 Å². The van der Waals surface area contributed by atoms with Gasteiger partial charge in [-0.1, -0.05) is 31.8 Å². The van der Waals surface area contributed by atoms with Gasteiger partial charge in [-0.3, -0.25) is 0 Å². The second-order valence-corrected chi connectivity index (χ2v) is 6.56. The Labute approximate surface area is 125 Å². The van der Waals surface area contributed by atoms with Gasteiger partial charge in [0.2, 0.25) is 5.89 Å². The zero-order valence-corrected chi connectivity index (χ0v) is 13.4. The van der Waals surface area contributed by atoms with Crippen LogP contribution in [0.4, 0.5) is 0 Å². The molecule has 20 heavy (non-hydrogen) atoms. The molecule has 0 aliphatic heterocycles. The van der Waals surface area contributed by atoms with Crippen molar-refractivity contribution in [1.29, 1.82) is 0 Å². The Morgan fingerprint density at radius 2 is 2.00 bits per heavy atom. The summed E-state index contributed by atoms with van der Waals surface area (Å²) in [6.45, 7) is 7.72. The molecule has 0 amide bonds. The molecule has 1 aromatic heterocycles. The van der Waals surface area contributed by atoms with Crippen molar-refractivity contribution in [2.24, 2.45) is 5.73 Å². The molecule has 5 nitrogen and oxygen atoms in total. The van der Waals surface area contributed by atoms with E-state index in [1.54, 1.807) is 0 Å². The number of thioether (sulfide) groups is 1. The van der Waals surface area contributed by atoms with E-state index in [1.165, 1.54) is 12.8 Å². The lowest BCUT2D eigenvalue weighted by molar-refractivity contribution is 0.323. The van der Waals surface area contributed by atoms with Crippen LogP contribution >= 0.6 is 11.8 Å². The van der Waals surface area contributed by atoms with Crippen LogP contribution in [0.2, 0.25) is 0 Å². The minimum absolute atomic E-state index is 0.340. The van der Waals surface area contributed by atoms with E-state index in [0.717, 1.165) is 44.0 Å². The monoisotopic (exact) mass is 298 g/mol. The Morgan fingerprint density at radius 3 is 2.65 bits per heavy atom. The predicted molar refractivity (Wildman–Crippen MR) is 82.6 cm³/mol. The molecule has 0 saturated heterocycles. The molecule has 6 heteroatoms. The molecular formula is C14H26N4OS. The minimum atomic E-state index is -0.340. The van der Waals surface area contributed by atoms with Gasteiger partial charge in [0, 0.05) is 12.3 Å². The van der Waals surface area contributed by atoms with Gasteiger partial charge in [-0.2, -0.15) is 16.7 Å².